The number of nitrogens with zero attached hydrogens (tertiary/aromatic N) is 2. The van der Waals surface area contributed by atoms with Crippen LogP contribution in [0.15, 0.2) is 58.5 Å². The average Bonchev–Trinajstić information content (AvgIpc) is 3.06. The molecule has 3 aromatic carbocycles. The second-order valence-corrected chi connectivity index (χ2v) is 35.9. The van der Waals surface area contributed by atoms with Gasteiger partial charge < -0.3 is 10.2 Å². The number of hydrogen-bond donors (Lipinski definition) is 2. The molecule has 2 N–H and O–H groups in total. The molecule has 0 saturated carbocycles. The third-order valence-corrected chi connectivity index (χ3v) is 29.4. The molecular formula is C54H88N2O2P2+2. The van der Waals surface area contributed by atoms with Gasteiger partial charge in [0.05, 0.1) is 54.6 Å². The van der Waals surface area contributed by atoms with Crippen LogP contribution in [0.4, 0.5) is 11.4 Å². The van der Waals surface area contributed by atoms with E-state index >= 15 is 0 Å². The van der Waals surface area contributed by atoms with Crippen LogP contribution in [0.5, 0.6) is 11.5 Å². The van der Waals surface area contributed by atoms with Gasteiger partial charge in [-0.15, -0.1) is 0 Å². The van der Waals surface area contributed by atoms with Crippen molar-refractivity contribution < 1.29 is 10.2 Å². The van der Waals surface area contributed by atoms with Crippen molar-refractivity contribution in [1.29, 1.82) is 0 Å². The third kappa shape index (κ3) is 11.3. The molecule has 0 unspecified atom stereocenters. The van der Waals surface area contributed by atoms with E-state index in [1.165, 1.54) is 36.3 Å². The van der Waals surface area contributed by atoms with E-state index in [-0.39, 0.29) is 42.4 Å². The summed E-state index contributed by atoms with van der Waals surface area (Å²) in [5.41, 5.74) is 7.05. The van der Waals surface area contributed by atoms with E-state index < -0.39 is 14.5 Å². The molecule has 0 aliphatic rings. The maximum absolute atomic E-state index is 11.1. The van der Waals surface area contributed by atoms with Gasteiger partial charge in [-0.3, -0.25) is 9.98 Å². The molecule has 0 heterocycles. The molecule has 4 nitrogen and oxygen atoms in total. The molecule has 0 fully saturated rings. The molecule has 0 atom stereocenters. The maximum atomic E-state index is 11.1. The first kappa shape index (κ1) is 51.8. The molecule has 0 aromatic heterocycles. The number of aliphatic imine (C=N–C) groups is 2. The molecule has 3 rings (SSSR count). The number of hydrogen-bond acceptors (Lipinski definition) is 4. The van der Waals surface area contributed by atoms with Gasteiger partial charge in [0.1, 0.15) is 11.5 Å². The molecule has 0 saturated heterocycles. The van der Waals surface area contributed by atoms with Crippen LogP contribution in [-0.2, 0) is 12.8 Å². The van der Waals surface area contributed by atoms with Crippen LogP contribution in [0.3, 0.4) is 0 Å². The van der Waals surface area contributed by atoms with Gasteiger partial charge in [-0.2, -0.15) is 0 Å². The summed E-state index contributed by atoms with van der Waals surface area (Å²) in [5, 5.41) is 23.9. The van der Waals surface area contributed by atoms with E-state index in [1.54, 1.807) is 12.4 Å². The van der Waals surface area contributed by atoms with Crippen LogP contribution in [-0.4, -0.2) is 65.9 Å². The zero-order chi connectivity index (χ0) is 45.9. The number of para-hydroxylation sites is 2. The Balaban J connectivity index is 1.81. The molecule has 0 spiro atoms. The van der Waals surface area contributed by atoms with Crippen LogP contribution in [0.2, 0.25) is 0 Å². The van der Waals surface area contributed by atoms with E-state index in [0.29, 0.717) is 11.4 Å². The summed E-state index contributed by atoms with van der Waals surface area (Å²) in [6, 6.07) is 16.3. The molecular weight excluding hydrogens is 771 g/mol. The summed E-state index contributed by atoms with van der Waals surface area (Å²) in [5.74, 6) is 0.531. The Labute approximate surface area is 370 Å². The summed E-state index contributed by atoms with van der Waals surface area (Å²) >= 11 is 0. The number of unbranched alkanes of at least 4 members (excludes halogenated alkanes) is 2. The third-order valence-electron chi connectivity index (χ3n) is 13.6. The van der Waals surface area contributed by atoms with Crippen molar-refractivity contribution in [1.82, 2.24) is 0 Å². The van der Waals surface area contributed by atoms with Crippen LogP contribution in [0.25, 0.3) is 0 Å². The fourth-order valence-corrected chi connectivity index (χ4v) is 30.1. The molecule has 60 heavy (non-hydrogen) atoms. The Hall–Kier alpha value is -2.54. The van der Waals surface area contributed by atoms with Gasteiger partial charge >= 0.3 is 0 Å². The zero-order valence-electron chi connectivity index (χ0n) is 42.1. The minimum absolute atomic E-state index is 0.265. The fourth-order valence-electron chi connectivity index (χ4n) is 12.6. The van der Waals surface area contributed by atoms with Crippen LogP contribution >= 0.6 is 14.5 Å². The highest BCUT2D eigenvalue weighted by Crippen LogP contribution is 2.84. The van der Waals surface area contributed by atoms with E-state index in [4.69, 9.17) is 9.98 Å². The largest absolute Gasteiger partial charge is 0.507 e. The van der Waals surface area contributed by atoms with Crippen molar-refractivity contribution >= 4 is 38.3 Å². The van der Waals surface area contributed by atoms with Gasteiger partial charge in [0.15, 0.2) is 0 Å². The molecule has 6 heteroatoms. The van der Waals surface area contributed by atoms with E-state index in [2.05, 4.69) is 149 Å². The second-order valence-electron chi connectivity index (χ2n) is 23.7. The number of rotatable bonds is 14. The standard InChI is InChI=1S/C54H86N2O2P2/c1-39-33-41(27-23-25-31-59(49(3,4)5,50(6,7)8)51(9,10)11)35-43(47(39)57)37-55-45-29-21-22-30-46(45)56-38-44-36-42(34-40(2)48(44)58)28-24-26-32-60(52(12,13)14,53(15,16)17)54(18,19)20/h21-22,29-30,33-38H,23-28,31-32H2,1-20H3/p+2. The summed E-state index contributed by atoms with van der Waals surface area (Å²) in [4.78, 5) is 9.73. The molecule has 0 amide bonds. The Morgan fingerprint density at radius 3 is 1.00 bits per heavy atom. The smallest absolute Gasteiger partial charge is 0.127 e. The van der Waals surface area contributed by atoms with Gasteiger partial charge in [-0.1, -0.05) is 24.3 Å². The van der Waals surface area contributed by atoms with Crippen molar-refractivity contribution in [3.63, 3.8) is 0 Å². The topological polar surface area (TPSA) is 65.2 Å². The lowest BCUT2D eigenvalue weighted by Crippen LogP contribution is -2.45. The van der Waals surface area contributed by atoms with Crippen molar-refractivity contribution in [2.45, 2.75) is 208 Å². The second kappa shape index (κ2) is 19.1. The predicted molar refractivity (Wildman–Crippen MR) is 275 cm³/mol. The van der Waals surface area contributed by atoms with Crippen LogP contribution in [0, 0.1) is 13.8 Å². The number of aryl methyl sites for hydroxylation is 4. The zero-order valence-corrected chi connectivity index (χ0v) is 43.9. The molecule has 3 aromatic rings. The first-order valence-corrected chi connectivity index (χ1v) is 26.8. The Morgan fingerprint density at radius 2 is 0.733 bits per heavy atom. The van der Waals surface area contributed by atoms with Crippen LogP contribution in [0.1, 0.15) is 184 Å². The molecule has 0 radical (unpaired) electrons. The quantitative estimate of drug-likeness (QED) is 0.0963. The summed E-state index contributed by atoms with van der Waals surface area (Å²) in [7, 11) is -2.78. The monoisotopic (exact) mass is 859 g/mol. The molecule has 0 aliphatic carbocycles. The lowest BCUT2D eigenvalue weighted by Gasteiger charge is -2.54. The average molecular weight is 859 g/mol. The van der Waals surface area contributed by atoms with Crippen molar-refractivity contribution in [2.24, 2.45) is 9.98 Å². The predicted octanol–water partition coefficient (Wildman–Crippen LogP) is 16.7. The molecule has 0 bridgehead atoms. The lowest BCUT2D eigenvalue weighted by atomic mass is 10.0. The van der Waals surface area contributed by atoms with E-state index in [9.17, 15) is 10.2 Å². The number of benzene rings is 3. The normalized spacial score (nSPS) is 14.2. The lowest BCUT2D eigenvalue weighted by molar-refractivity contribution is 0.469. The first-order valence-electron chi connectivity index (χ1n) is 22.8. The Bertz CT molecular complexity index is 1750. The van der Waals surface area contributed by atoms with Gasteiger partial charge in [0.25, 0.3) is 0 Å². The number of phenols is 2. The van der Waals surface area contributed by atoms with E-state index in [0.717, 1.165) is 47.9 Å². The summed E-state index contributed by atoms with van der Waals surface area (Å²) < 4.78 is 0. The minimum atomic E-state index is -1.39. The van der Waals surface area contributed by atoms with Crippen molar-refractivity contribution in [3.8, 4) is 11.5 Å². The Morgan fingerprint density at radius 1 is 0.450 bits per heavy atom. The Kier molecular flexibility index (Phi) is 16.5. The van der Waals surface area contributed by atoms with Crippen molar-refractivity contribution in [3.05, 3.63) is 81.9 Å². The SMILES string of the molecule is Cc1cc(CCCC[P+](C(C)(C)C)(C(C)(C)C)C(C)(C)C)cc(C=Nc2ccccc2N=Cc2cc(CCCC[P+](C(C)(C)C)(C(C)(C)C)C(C)(C)C)cc(C)c2O)c1O. The summed E-state index contributed by atoms with van der Waals surface area (Å²) in [6.45, 7) is 48.4. The highest BCUT2D eigenvalue weighted by Gasteiger charge is 2.64. The minimum Gasteiger partial charge on any atom is -0.507 e. The number of phenolic OH excluding ortho intramolecular Hbond substituents is 2. The van der Waals surface area contributed by atoms with Gasteiger partial charge in [0, 0.05) is 38.1 Å². The van der Waals surface area contributed by atoms with Gasteiger partial charge in [-0.05, 0) is 224 Å². The highest BCUT2D eigenvalue weighted by atomic mass is 31.2. The van der Waals surface area contributed by atoms with Crippen molar-refractivity contribution in [2.75, 3.05) is 12.3 Å². The van der Waals surface area contributed by atoms with Gasteiger partial charge in [-0.25, -0.2) is 0 Å². The summed E-state index contributed by atoms with van der Waals surface area (Å²) in [6.07, 6.45) is 12.7. The first-order chi connectivity index (χ1) is 27.2. The van der Waals surface area contributed by atoms with Gasteiger partial charge in [0.2, 0.25) is 0 Å². The fraction of sp³-hybridized carbons (Fsp3) is 0.630. The maximum Gasteiger partial charge on any atom is 0.127 e. The molecule has 334 valence electrons. The number of aromatic hydroxyl groups is 2. The highest BCUT2D eigenvalue weighted by molar-refractivity contribution is 7.80. The van der Waals surface area contributed by atoms with E-state index in [1.807, 2.05) is 38.1 Å². The van der Waals surface area contributed by atoms with Crippen LogP contribution < -0.4 is 0 Å². The molecule has 0 aliphatic heterocycles.